The molecule has 1 aromatic heterocycles. The largest absolute Gasteiger partial charge is 0.468 e. The second-order valence-corrected chi connectivity index (χ2v) is 7.50. The molecule has 1 atom stereocenters. The van der Waals surface area contributed by atoms with E-state index in [1.165, 1.54) is 25.1 Å². The summed E-state index contributed by atoms with van der Waals surface area (Å²) in [6.07, 6.45) is 3.15. The van der Waals surface area contributed by atoms with E-state index in [1.807, 2.05) is 6.26 Å². The van der Waals surface area contributed by atoms with Gasteiger partial charge in [-0.25, -0.2) is 0 Å². The summed E-state index contributed by atoms with van der Waals surface area (Å²) < 4.78 is 5.71. The van der Waals surface area contributed by atoms with Crippen molar-refractivity contribution in [3.05, 3.63) is 23.7 Å². The van der Waals surface area contributed by atoms with Gasteiger partial charge in [-0.1, -0.05) is 13.8 Å². The molecule has 1 aliphatic rings. The van der Waals surface area contributed by atoms with Crippen LogP contribution in [-0.4, -0.2) is 23.5 Å². The molecule has 20 heavy (non-hydrogen) atoms. The molecule has 0 aromatic carbocycles. The minimum absolute atomic E-state index is 0.144. The fourth-order valence-corrected chi connectivity index (χ4v) is 2.78. The molecule has 1 N–H and O–H groups in total. The summed E-state index contributed by atoms with van der Waals surface area (Å²) in [6, 6.07) is 2.10. The van der Waals surface area contributed by atoms with Gasteiger partial charge in [-0.15, -0.1) is 0 Å². The van der Waals surface area contributed by atoms with Crippen molar-refractivity contribution in [1.82, 2.24) is 10.2 Å². The van der Waals surface area contributed by atoms with Gasteiger partial charge in [0.15, 0.2) is 0 Å². The average molecular weight is 278 g/mol. The standard InChI is InChI=1S/C17H30N2O/c1-13(2)15-6-8-19(11-15)12-16-14(7-9-20-16)10-18-17(3,4)5/h7,9,13,15,18H,6,8,10-12H2,1-5H3. The maximum atomic E-state index is 5.71. The molecule has 1 aromatic rings. The van der Waals surface area contributed by atoms with E-state index in [4.69, 9.17) is 4.42 Å². The highest BCUT2D eigenvalue weighted by molar-refractivity contribution is 5.17. The van der Waals surface area contributed by atoms with Crippen LogP contribution in [0.3, 0.4) is 0 Å². The molecule has 1 fully saturated rings. The van der Waals surface area contributed by atoms with Gasteiger partial charge in [-0.2, -0.15) is 0 Å². The van der Waals surface area contributed by atoms with Crippen LogP contribution in [0.1, 0.15) is 52.4 Å². The Hall–Kier alpha value is -0.800. The van der Waals surface area contributed by atoms with Crippen molar-refractivity contribution in [3.63, 3.8) is 0 Å². The van der Waals surface area contributed by atoms with E-state index in [0.717, 1.165) is 30.7 Å². The molecular weight excluding hydrogens is 248 g/mol. The van der Waals surface area contributed by atoms with E-state index in [-0.39, 0.29) is 5.54 Å². The van der Waals surface area contributed by atoms with Crippen molar-refractivity contribution in [2.45, 2.75) is 59.7 Å². The highest BCUT2D eigenvalue weighted by Gasteiger charge is 2.26. The summed E-state index contributed by atoms with van der Waals surface area (Å²) in [5.74, 6) is 2.77. The van der Waals surface area contributed by atoms with Gasteiger partial charge in [0.1, 0.15) is 5.76 Å². The van der Waals surface area contributed by atoms with Crippen molar-refractivity contribution in [3.8, 4) is 0 Å². The van der Waals surface area contributed by atoms with Crippen LogP contribution in [0.4, 0.5) is 0 Å². The van der Waals surface area contributed by atoms with Gasteiger partial charge in [0.2, 0.25) is 0 Å². The molecule has 1 aliphatic heterocycles. The lowest BCUT2D eigenvalue weighted by Crippen LogP contribution is -2.35. The Bertz CT molecular complexity index is 417. The monoisotopic (exact) mass is 278 g/mol. The number of hydrogen-bond donors (Lipinski definition) is 1. The normalized spacial score (nSPS) is 21.0. The third kappa shape index (κ3) is 4.35. The summed E-state index contributed by atoms with van der Waals surface area (Å²) in [7, 11) is 0. The van der Waals surface area contributed by atoms with E-state index in [9.17, 15) is 0 Å². The van der Waals surface area contributed by atoms with Crippen molar-refractivity contribution in [2.24, 2.45) is 11.8 Å². The van der Waals surface area contributed by atoms with Gasteiger partial charge in [0.25, 0.3) is 0 Å². The van der Waals surface area contributed by atoms with Crippen LogP contribution in [0.5, 0.6) is 0 Å². The summed E-state index contributed by atoms with van der Waals surface area (Å²) in [5.41, 5.74) is 1.44. The van der Waals surface area contributed by atoms with Crippen LogP contribution >= 0.6 is 0 Å². The Morgan fingerprint density at radius 2 is 2.15 bits per heavy atom. The Morgan fingerprint density at radius 3 is 2.75 bits per heavy atom. The maximum Gasteiger partial charge on any atom is 0.122 e. The van der Waals surface area contributed by atoms with Gasteiger partial charge in [-0.3, -0.25) is 4.90 Å². The summed E-state index contributed by atoms with van der Waals surface area (Å²) in [5, 5.41) is 3.54. The number of nitrogens with one attached hydrogen (secondary N) is 1. The first-order valence-corrected chi connectivity index (χ1v) is 7.88. The molecule has 0 saturated carbocycles. The number of furan rings is 1. The highest BCUT2D eigenvalue weighted by Crippen LogP contribution is 2.25. The number of rotatable bonds is 5. The molecule has 2 rings (SSSR count). The predicted octanol–water partition coefficient (Wildman–Crippen LogP) is 3.65. The Kier molecular flexibility index (Phi) is 4.92. The first kappa shape index (κ1) is 15.6. The minimum atomic E-state index is 0.144. The number of nitrogens with zero attached hydrogens (tertiary/aromatic N) is 1. The Morgan fingerprint density at radius 1 is 1.40 bits per heavy atom. The summed E-state index contributed by atoms with van der Waals surface area (Å²) in [6.45, 7) is 15.5. The number of hydrogen-bond acceptors (Lipinski definition) is 3. The molecule has 0 radical (unpaired) electrons. The van der Waals surface area contributed by atoms with E-state index in [2.05, 4.69) is 50.9 Å². The molecule has 1 saturated heterocycles. The predicted molar refractivity (Wildman–Crippen MR) is 83.5 cm³/mol. The maximum absolute atomic E-state index is 5.71. The molecule has 1 unspecified atom stereocenters. The minimum Gasteiger partial charge on any atom is -0.468 e. The molecule has 3 heteroatoms. The first-order chi connectivity index (χ1) is 9.35. The zero-order valence-electron chi connectivity index (χ0n) is 13.7. The van der Waals surface area contributed by atoms with Crippen molar-refractivity contribution >= 4 is 0 Å². The lowest BCUT2D eigenvalue weighted by molar-refractivity contribution is 0.271. The zero-order chi connectivity index (χ0) is 14.8. The zero-order valence-corrected chi connectivity index (χ0v) is 13.7. The summed E-state index contributed by atoms with van der Waals surface area (Å²) in [4.78, 5) is 2.53. The van der Waals surface area contributed by atoms with Crippen molar-refractivity contribution in [1.29, 1.82) is 0 Å². The third-order valence-corrected chi connectivity index (χ3v) is 4.27. The van der Waals surface area contributed by atoms with Gasteiger partial charge < -0.3 is 9.73 Å². The molecule has 114 valence electrons. The van der Waals surface area contributed by atoms with Crippen molar-refractivity contribution < 1.29 is 4.42 Å². The van der Waals surface area contributed by atoms with Crippen LogP contribution in [0.25, 0.3) is 0 Å². The van der Waals surface area contributed by atoms with Crippen LogP contribution in [0, 0.1) is 11.8 Å². The quantitative estimate of drug-likeness (QED) is 0.891. The lowest BCUT2D eigenvalue weighted by atomic mass is 9.95. The molecule has 0 bridgehead atoms. The molecule has 2 heterocycles. The van der Waals surface area contributed by atoms with Gasteiger partial charge in [-0.05, 0) is 51.6 Å². The van der Waals surface area contributed by atoms with Crippen LogP contribution in [0.2, 0.25) is 0 Å². The SMILES string of the molecule is CC(C)C1CCN(Cc2occc2CNC(C)(C)C)C1. The van der Waals surface area contributed by atoms with Crippen LogP contribution < -0.4 is 5.32 Å². The van der Waals surface area contributed by atoms with Gasteiger partial charge in [0.05, 0.1) is 12.8 Å². The fourth-order valence-electron chi connectivity index (χ4n) is 2.78. The number of likely N-dealkylation sites (tertiary alicyclic amines) is 1. The topological polar surface area (TPSA) is 28.4 Å². The first-order valence-electron chi connectivity index (χ1n) is 7.88. The second kappa shape index (κ2) is 6.31. The Balaban J connectivity index is 1.89. The van der Waals surface area contributed by atoms with Gasteiger partial charge >= 0.3 is 0 Å². The summed E-state index contributed by atoms with van der Waals surface area (Å²) >= 11 is 0. The smallest absolute Gasteiger partial charge is 0.122 e. The highest BCUT2D eigenvalue weighted by atomic mass is 16.3. The Labute approximate surface area is 123 Å². The van der Waals surface area contributed by atoms with E-state index in [0.29, 0.717) is 0 Å². The van der Waals surface area contributed by atoms with Crippen LogP contribution in [0.15, 0.2) is 16.7 Å². The van der Waals surface area contributed by atoms with Crippen LogP contribution in [-0.2, 0) is 13.1 Å². The second-order valence-electron chi connectivity index (χ2n) is 7.50. The third-order valence-electron chi connectivity index (χ3n) is 4.27. The molecule has 0 amide bonds. The van der Waals surface area contributed by atoms with E-state index < -0.39 is 0 Å². The van der Waals surface area contributed by atoms with Gasteiger partial charge in [0, 0.05) is 24.2 Å². The molecule has 0 aliphatic carbocycles. The molecular formula is C17H30N2O. The fraction of sp³-hybridized carbons (Fsp3) is 0.765. The van der Waals surface area contributed by atoms with Crippen molar-refractivity contribution in [2.75, 3.05) is 13.1 Å². The molecule has 3 nitrogen and oxygen atoms in total. The van der Waals surface area contributed by atoms with E-state index >= 15 is 0 Å². The van der Waals surface area contributed by atoms with E-state index in [1.54, 1.807) is 0 Å². The lowest BCUT2D eigenvalue weighted by Gasteiger charge is -2.21. The average Bonchev–Trinajstić information content (AvgIpc) is 2.95. The molecule has 0 spiro atoms.